The average molecular weight is 214 g/mol. The van der Waals surface area contributed by atoms with Crippen LogP contribution in [0.4, 0.5) is 5.69 Å². The van der Waals surface area contributed by atoms with E-state index in [4.69, 9.17) is 10.2 Å². The molecule has 0 bridgehead atoms. The summed E-state index contributed by atoms with van der Waals surface area (Å²) in [5.74, 6) is 1.34. The van der Waals surface area contributed by atoms with Gasteiger partial charge in [-0.2, -0.15) is 0 Å². The normalized spacial score (nSPS) is 11.1. The first-order valence-electron chi connectivity index (χ1n) is 4.90. The summed E-state index contributed by atoms with van der Waals surface area (Å²) in [6.07, 6.45) is 3.54. The zero-order valence-electron chi connectivity index (χ0n) is 8.71. The lowest BCUT2D eigenvalue weighted by Gasteiger charge is -2.01. The van der Waals surface area contributed by atoms with Gasteiger partial charge in [0.05, 0.1) is 12.0 Å². The number of aryl methyl sites for hydroxylation is 1. The number of fused-ring (bicyclic) bond motifs is 1. The molecule has 3 heterocycles. The fraction of sp³-hybridized carbons (Fsp3) is 0.0909. The topological polar surface area (TPSA) is 69.3 Å². The van der Waals surface area contributed by atoms with Gasteiger partial charge in [-0.25, -0.2) is 0 Å². The molecule has 0 saturated carbocycles. The average Bonchev–Trinajstić information content (AvgIpc) is 2.83. The first-order chi connectivity index (χ1) is 7.75. The van der Waals surface area contributed by atoms with Crippen molar-refractivity contribution >= 4 is 11.3 Å². The molecule has 0 aliphatic carbocycles. The minimum atomic E-state index is 0.616. The Hall–Kier alpha value is -2.30. The van der Waals surface area contributed by atoms with E-state index in [2.05, 4.69) is 10.2 Å². The van der Waals surface area contributed by atoms with E-state index in [-0.39, 0.29) is 0 Å². The lowest BCUT2D eigenvalue weighted by atomic mass is 10.3. The van der Waals surface area contributed by atoms with E-state index in [0.717, 1.165) is 5.56 Å². The number of rotatable bonds is 1. The lowest BCUT2D eigenvalue weighted by molar-refractivity contribution is 0.576. The van der Waals surface area contributed by atoms with Crippen molar-refractivity contribution in [2.45, 2.75) is 6.92 Å². The number of hydrogen-bond donors (Lipinski definition) is 1. The molecule has 2 N–H and O–H groups in total. The maximum absolute atomic E-state index is 5.87. The van der Waals surface area contributed by atoms with Crippen LogP contribution in [0.2, 0.25) is 0 Å². The van der Waals surface area contributed by atoms with E-state index in [1.165, 1.54) is 0 Å². The second kappa shape index (κ2) is 3.10. The Morgan fingerprint density at radius 2 is 2.25 bits per heavy atom. The first kappa shape index (κ1) is 8.96. The van der Waals surface area contributed by atoms with Crippen LogP contribution >= 0.6 is 0 Å². The van der Waals surface area contributed by atoms with Crippen molar-refractivity contribution in [2.75, 3.05) is 5.73 Å². The number of nitrogen functional groups attached to an aromatic ring is 1. The molecule has 0 amide bonds. The molecule has 16 heavy (non-hydrogen) atoms. The number of anilines is 1. The first-order valence-corrected chi connectivity index (χ1v) is 4.90. The summed E-state index contributed by atoms with van der Waals surface area (Å²) < 4.78 is 7.14. The van der Waals surface area contributed by atoms with Crippen LogP contribution in [-0.2, 0) is 0 Å². The number of nitrogens with zero attached hydrogens (tertiary/aromatic N) is 3. The third-order valence-corrected chi connectivity index (χ3v) is 2.41. The summed E-state index contributed by atoms with van der Waals surface area (Å²) in [5, 5.41) is 8.12. The highest BCUT2D eigenvalue weighted by atomic mass is 16.3. The van der Waals surface area contributed by atoms with Crippen LogP contribution in [0.5, 0.6) is 0 Å². The molecule has 0 spiro atoms. The van der Waals surface area contributed by atoms with Gasteiger partial charge in [0.1, 0.15) is 0 Å². The molecule has 80 valence electrons. The molecular weight excluding hydrogens is 204 g/mol. The summed E-state index contributed by atoms with van der Waals surface area (Å²) in [6, 6.07) is 5.53. The van der Waals surface area contributed by atoms with E-state index < -0.39 is 0 Å². The Morgan fingerprint density at radius 3 is 3.00 bits per heavy atom. The monoisotopic (exact) mass is 214 g/mol. The van der Waals surface area contributed by atoms with Crippen LogP contribution in [0.15, 0.2) is 35.1 Å². The maximum Gasteiger partial charge on any atom is 0.204 e. The van der Waals surface area contributed by atoms with E-state index in [0.29, 0.717) is 22.9 Å². The minimum Gasteiger partial charge on any atom is -0.461 e. The van der Waals surface area contributed by atoms with Crippen molar-refractivity contribution in [3.8, 4) is 11.6 Å². The highest BCUT2D eigenvalue weighted by molar-refractivity contribution is 5.68. The molecule has 3 rings (SSSR count). The molecule has 3 aromatic rings. The Kier molecular flexibility index (Phi) is 1.73. The zero-order valence-corrected chi connectivity index (χ0v) is 8.71. The van der Waals surface area contributed by atoms with Gasteiger partial charge in [-0.3, -0.25) is 4.40 Å². The molecule has 5 nitrogen and oxygen atoms in total. The number of hydrogen-bond acceptors (Lipinski definition) is 4. The number of aromatic nitrogens is 3. The van der Waals surface area contributed by atoms with Gasteiger partial charge in [0.15, 0.2) is 11.4 Å². The molecule has 0 atom stereocenters. The third kappa shape index (κ3) is 1.18. The molecule has 0 radical (unpaired) electrons. The predicted octanol–water partition coefficient (Wildman–Crippen LogP) is 1.88. The summed E-state index contributed by atoms with van der Waals surface area (Å²) in [5.41, 5.74) is 8.19. The zero-order chi connectivity index (χ0) is 11.1. The molecule has 3 aromatic heterocycles. The standard InChI is InChI=1S/C11H10N4O/c1-7-5-8(12)10-13-14-11(15(10)6-7)9-3-2-4-16-9/h2-6H,12H2,1H3. The van der Waals surface area contributed by atoms with Crippen LogP contribution in [0.25, 0.3) is 17.2 Å². The predicted molar refractivity (Wildman–Crippen MR) is 59.8 cm³/mol. The van der Waals surface area contributed by atoms with Crippen LogP contribution in [0, 0.1) is 6.92 Å². The van der Waals surface area contributed by atoms with Gasteiger partial charge in [-0.05, 0) is 30.7 Å². The Balaban J connectivity index is 2.35. The van der Waals surface area contributed by atoms with Crippen molar-refractivity contribution < 1.29 is 4.42 Å². The van der Waals surface area contributed by atoms with Crippen molar-refractivity contribution in [3.05, 3.63) is 36.2 Å². The third-order valence-electron chi connectivity index (χ3n) is 2.41. The van der Waals surface area contributed by atoms with E-state index in [9.17, 15) is 0 Å². The smallest absolute Gasteiger partial charge is 0.204 e. The molecule has 0 aromatic carbocycles. The fourth-order valence-electron chi connectivity index (χ4n) is 1.74. The summed E-state index contributed by atoms with van der Waals surface area (Å²) in [7, 11) is 0. The second-order valence-electron chi connectivity index (χ2n) is 3.67. The van der Waals surface area contributed by atoms with Crippen molar-refractivity contribution in [1.29, 1.82) is 0 Å². The molecule has 0 saturated heterocycles. The van der Waals surface area contributed by atoms with Crippen LogP contribution in [0.1, 0.15) is 5.56 Å². The molecule has 0 aliphatic rings. The van der Waals surface area contributed by atoms with Crippen molar-refractivity contribution in [3.63, 3.8) is 0 Å². The highest BCUT2D eigenvalue weighted by Gasteiger charge is 2.12. The van der Waals surface area contributed by atoms with Gasteiger partial charge >= 0.3 is 0 Å². The maximum atomic E-state index is 5.87. The van der Waals surface area contributed by atoms with Crippen LogP contribution < -0.4 is 5.73 Å². The Labute approximate surface area is 91.5 Å². The summed E-state index contributed by atoms with van der Waals surface area (Å²) in [4.78, 5) is 0. The lowest BCUT2D eigenvalue weighted by Crippen LogP contribution is -1.95. The molecule has 0 aliphatic heterocycles. The number of pyridine rings is 1. The van der Waals surface area contributed by atoms with E-state index >= 15 is 0 Å². The molecule has 0 unspecified atom stereocenters. The van der Waals surface area contributed by atoms with Gasteiger partial charge in [0.2, 0.25) is 5.82 Å². The van der Waals surface area contributed by atoms with Crippen LogP contribution in [0.3, 0.4) is 0 Å². The fourth-order valence-corrected chi connectivity index (χ4v) is 1.74. The van der Waals surface area contributed by atoms with Crippen molar-refractivity contribution in [2.24, 2.45) is 0 Å². The van der Waals surface area contributed by atoms with Gasteiger partial charge in [0, 0.05) is 6.20 Å². The highest BCUT2D eigenvalue weighted by Crippen LogP contribution is 2.22. The Morgan fingerprint density at radius 1 is 1.38 bits per heavy atom. The van der Waals surface area contributed by atoms with Gasteiger partial charge in [0.25, 0.3) is 0 Å². The molecule has 5 heteroatoms. The largest absolute Gasteiger partial charge is 0.461 e. The van der Waals surface area contributed by atoms with Crippen LogP contribution in [-0.4, -0.2) is 14.6 Å². The van der Waals surface area contributed by atoms with Crippen molar-refractivity contribution in [1.82, 2.24) is 14.6 Å². The van der Waals surface area contributed by atoms with Gasteiger partial charge in [-0.1, -0.05) is 0 Å². The Bertz CT molecular complexity index is 639. The van der Waals surface area contributed by atoms with Gasteiger partial charge < -0.3 is 10.2 Å². The van der Waals surface area contributed by atoms with Gasteiger partial charge in [-0.15, -0.1) is 10.2 Å². The quantitative estimate of drug-likeness (QED) is 0.671. The number of furan rings is 1. The molecular formula is C11H10N4O. The minimum absolute atomic E-state index is 0.616. The molecule has 0 fully saturated rings. The van der Waals surface area contributed by atoms with E-state index in [1.54, 1.807) is 6.26 Å². The SMILES string of the molecule is Cc1cc(N)c2nnc(-c3ccco3)n2c1. The summed E-state index contributed by atoms with van der Waals surface area (Å²) >= 11 is 0. The van der Waals surface area contributed by atoms with E-state index in [1.807, 2.05) is 35.7 Å². The second-order valence-corrected chi connectivity index (χ2v) is 3.67. The number of nitrogens with two attached hydrogens (primary N) is 1. The summed E-state index contributed by atoms with van der Waals surface area (Å²) in [6.45, 7) is 1.97.